The van der Waals surface area contributed by atoms with Crippen LogP contribution in [0.2, 0.25) is 5.02 Å². The van der Waals surface area contributed by atoms with E-state index in [2.05, 4.69) is 46.4 Å². The molecule has 0 spiro atoms. The first-order chi connectivity index (χ1) is 13.2. The smallest absolute Gasteiger partial charge is 0.0461 e. The summed E-state index contributed by atoms with van der Waals surface area (Å²) in [7, 11) is 0. The lowest BCUT2D eigenvalue weighted by molar-refractivity contribution is 0.288. The molecular formula is C22H22ClN3S. The van der Waals surface area contributed by atoms with Gasteiger partial charge in [0.15, 0.2) is 0 Å². The Morgan fingerprint density at radius 1 is 1.22 bits per heavy atom. The van der Waals surface area contributed by atoms with Gasteiger partial charge < -0.3 is 10.7 Å². The van der Waals surface area contributed by atoms with Crippen molar-refractivity contribution in [2.75, 3.05) is 31.1 Å². The summed E-state index contributed by atoms with van der Waals surface area (Å²) in [6.07, 6.45) is 5.58. The summed E-state index contributed by atoms with van der Waals surface area (Å²) in [5.74, 6) is 1.74. The molecule has 1 aromatic heterocycles. The van der Waals surface area contributed by atoms with E-state index in [1.807, 2.05) is 23.9 Å². The number of aromatic amines is 1. The molecular weight excluding hydrogens is 374 g/mol. The minimum Gasteiger partial charge on any atom is -0.399 e. The van der Waals surface area contributed by atoms with E-state index in [4.69, 9.17) is 17.3 Å². The summed E-state index contributed by atoms with van der Waals surface area (Å²) < 4.78 is 0. The first-order valence-corrected chi connectivity index (χ1v) is 10.7. The van der Waals surface area contributed by atoms with Gasteiger partial charge in [-0.15, -0.1) is 11.8 Å². The van der Waals surface area contributed by atoms with Crippen molar-refractivity contribution < 1.29 is 0 Å². The number of fused-ring (bicyclic) bond motifs is 2. The van der Waals surface area contributed by atoms with E-state index in [-0.39, 0.29) is 0 Å². The second kappa shape index (κ2) is 6.93. The van der Waals surface area contributed by atoms with Crippen molar-refractivity contribution in [3.05, 3.63) is 64.8 Å². The van der Waals surface area contributed by atoms with E-state index in [1.54, 1.807) is 0 Å². The van der Waals surface area contributed by atoms with Crippen LogP contribution >= 0.6 is 23.4 Å². The Balaban J connectivity index is 1.32. The molecule has 0 amide bonds. The van der Waals surface area contributed by atoms with Gasteiger partial charge in [-0.05, 0) is 54.0 Å². The summed E-state index contributed by atoms with van der Waals surface area (Å²) in [6, 6.07) is 12.4. The van der Waals surface area contributed by atoms with Crippen molar-refractivity contribution in [3.8, 4) is 0 Å². The van der Waals surface area contributed by atoms with Crippen molar-refractivity contribution in [3.63, 3.8) is 0 Å². The van der Waals surface area contributed by atoms with Gasteiger partial charge in [-0.25, -0.2) is 0 Å². The number of rotatable bonds is 3. The number of benzene rings is 2. The monoisotopic (exact) mass is 395 g/mol. The molecule has 0 saturated heterocycles. The summed E-state index contributed by atoms with van der Waals surface area (Å²) >= 11 is 8.17. The van der Waals surface area contributed by atoms with Gasteiger partial charge in [0.25, 0.3) is 0 Å². The summed E-state index contributed by atoms with van der Waals surface area (Å²) in [6.45, 7) is 3.20. The highest BCUT2D eigenvalue weighted by Gasteiger charge is 2.26. The molecule has 3 N–H and O–H groups in total. The van der Waals surface area contributed by atoms with Gasteiger partial charge in [-0.1, -0.05) is 17.7 Å². The highest BCUT2D eigenvalue weighted by molar-refractivity contribution is 7.99. The van der Waals surface area contributed by atoms with Gasteiger partial charge in [-0.2, -0.15) is 0 Å². The van der Waals surface area contributed by atoms with E-state index < -0.39 is 0 Å². The first kappa shape index (κ1) is 17.2. The van der Waals surface area contributed by atoms with E-state index in [0.717, 1.165) is 48.0 Å². The highest BCUT2D eigenvalue weighted by Crippen LogP contribution is 2.41. The SMILES string of the molecule is Nc1ccc2c(c1)C(CN1CC=C(c3c[nH]c4ccc(Cl)cc34)CC1)CS2. The zero-order valence-electron chi connectivity index (χ0n) is 15.0. The number of thioether (sulfide) groups is 1. The van der Waals surface area contributed by atoms with Gasteiger partial charge in [-0.3, -0.25) is 4.90 Å². The molecule has 0 saturated carbocycles. The van der Waals surface area contributed by atoms with Crippen LogP contribution in [0.25, 0.3) is 16.5 Å². The third-order valence-electron chi connectivity index (χ3n) is 5.68. The molecule has 5 rings (SSSR count). The maximum absolute atomic E-state index is 6.20. The minimum absolute atomic E-state index is 0.579. The molecule has 1 atom stereocenters. The topological polar surface area (TPSA) is 45.0 Å². The molecule has 3 heterocycles. The number of nitrogens with one attached hydrogen (secondary N) is 1. The lowest BCUT2D eigenvalue weighted by atomic mass is 9.96. The lowest BCUT2D eigenvalue weighted by Gasteiger charge is -2.29. The largest absolute Gasteiger partial charge is 0.399 e. The number of hydrogen-bond donors (Lipinski definition) is 2. The molecule has 5 heteroatoms. The van der Waals surface area contributed by atoms with Crippen molar-refractivity contribution in [1.29, 1.82) is 0 Å². The van der Waals surface area contributed by atoms with Gasteiger partial charge in [0.1, 0.15) is 0 Å². The fourth-order valence-electron chi connectivity index (χ4n) is 4.24. The van der Waals surface area contributed by atoms with Crippen LogP contribution in [-0.4, -0.2) is 35.3 Å². The van der Waals surface area contributed by atoms with Crippen LogP contribution in [0.1, 0.15) is 23.5 Å². The quantitative estimate of drug-likeness (QED) is 0.585. The number of aromatic nitrogens is 1. The molecule has 3 nitrogen and oxygen atoms in total. The predicted octanol–water partition coefficient (Wildman–Crippen LogP) is 5.38. The average molecular weight is 396 g/mol. The van der Waals surface area contributed by atoms with Crippen LogP contribution in [0, 0.1) is 0 Å². The Labute approximate surface area is 168 Å². The van der Waals surface area contributed by atoms with E-state index in [0.29, 0.717) is 5.92 Å². The predicted molar refractivity (Wildman–Crippen MR) is 117 cm³/mol. The molecule has 0 fully saturated rings. The molecule has 2 aliphatic heterocycles. The van der Waals surface area contributed by atoms with Crippen molar-refractivity contribution >= 4 is 45.5 Å². The standard InChI is InChI=1S/C22H22ClN3S/c23-16-1-3-21-19(9-16)20(11-25-21)14-5-7-26(8-6-14)12-15-13-27-22-4-2-17(24)10-18(15)22/h1-5,9-11,15,25H,6-8,12-13,24H2. The Morgan fingerprint density at radius 3 is 3.00 bits per heavy atom. The number of hydrogen-bond acceptors (Lipinski definition) is 3. The molecule has 3 aromatic rings. The van der Waals surface area contributed by atoms with Crippen molar-refractivity contribution in [2.45, 2.75) is 17.2 Å². The summed E-state index contributed by atoms with van der Waals surface area (Å²) in [5.41, 5.74) is 12.2. The third-order valence-corrected chi connectivity index (χ3v) is 7.16. The van der Waals surface area contributed by atoms with Gasteiger partial charge in [0, 0.05) is 69.6 Å². The molecule has 0 radical (unpaired) electrons. The fourth-order valence-corrected chi connectivity index (χ4v) is 5.63. The molecule has 138 valence electrons. The third kappa shape index (κ3) is 3.27. The molecule has 2 aromatic carbocycles. The van der Waals surface area contributed by atoms with Crippen LogP contribution in [0.5, 0.6) is 0 Å². The number of anilines is 1. The normalized spacial score (nSPS) is 20.0. The second-order valence-corrected chi connectivity index (χ2v) is 8.93. The van der Waals surface area contributed by atoms with Crippen LogP contribution < -0.4 is 5.73 Å². The van der Waals surface area contributed by atoms with Crippen molar-refractivity contribution in [1.82, 2.24) is 9.88 Å². The number of H-pyrrole nitrogens is 1. The molecule has 0 aliphatic carbocycles. The zero-order valence-corrected chi connectivity index (χ0v) is 16.6. The van der Waals surface area contributed by atoms with E-state index in [1.165, 1.54) is 27.0 Å². The number of nitrogens with zero attached hydrogens (tertiary/aromatic N) is 1. The van der Waals surface area contributed by atoms with Gasteiger partial charge in [0.05, 0.1) is 0 Å². The van der Waals surface area contributed by atoms with Crippen LogP contribution in [0.4, 0.5) is 5.69 Å². The molecule has 2 aliphatic rings. The number of nitrogen functional groups attached to an aromatic ring is 1. The molecule has 27 heavy (non-hydrogen) atoms. The number of halogens is 1. The summed E-state index contributed by atoms with van der Waals surface area (Å²) in [4.78, 5) is 7.34. The Hall–Kier alpha value is -1.88. The average Bonchev–Trinajstić information content (AvgIpc) is 3.26. The van der Waals surface area contributed by atoms with Gasteiger partial charge >= 0.3 is 0 Å². The lowest BCUT2D eigenvalue weighted by Crippen LogP contribution is -2.32. The summed E-state index contributed by atoms with van der Waals surface area (Å²) in [5, 5.41) is 2.01. The highest BCUT2D eigenvalue weighted by atomic mass is 35.5. The Morgan fingerprint density at radius 2 is 2.15 bits per heavy atom. The molecule has 0 bridgehead atoms. The fraction of sp³-hybridized carbons (Fsp3) is 0.273. The number of nitrogens with two attached hydrogens (primary N) is 1. The maximum atomic E-state index is 6.20. The molecule has 1 unspecified atom stereocenters. The second-order valence-electron chi connectivity index (χ2n) is 7.44. The maximum Gasteiger partial charge on any atom is 0.0461 e. The Bertz CT molecular complexity index is 1040. The van der Waals surface area contributed by atoms with Gasteiger partial charge in [0.2, 0.25) is 0 Å². The first-order valence-electron chi connectivity index (χ1n) is 9.38. The zero-order chi connectivity index (χ0) is 18.4. The Kier molecular flexibility index (Phi) is 4.43. The van der Waals surface area contributed by atoms with Crippen LogP contribution in [0.15, 0.2) is 53.6 Å². The van der Waals surface area contributed by atoms with E-state index >= 15 is 0 Å². The van der Waals surface area contributed by atoms with Crippen molar-refractivity contribution in [2.24, 2.45) is 0 Å². The van der Waals surface area contributed by atoms with Crippen LogP contribution in [-0.2, 0) is 0 Å². The van der Waals surface area contributed by atoms with E-state index in [9.17, 15) is 0 Å². The van der Waals surface area contributed by atoms with Crippen LogP contribution in [0.3, 0.4) is 0 Å². The minimum atomic E-state index is 0.579.